The van der Waals surface area contributed by atoms with Gasteiger partial charge in [0.25, 0.3) is 10.1 Å². The zero-order valence-corrected chi connectivity index (χ0v) is 31.9. The highest BCUT2D eigenvalue weighted by atomic mass is 32.2. The Kier molecular flexibility index (Phi) is 13.1. The third kappa shape index (κ3) is 10.4. The van der Waals surface area contributed by atoms with Crippen LogP contribution >= 0.6 is 0 Å². The highest BCUT2D eigenvalue weighted by Gasteiger charge is 2.48. The van der Waals surface area contributed by atoms with Crippen LogP contribution in [0.15, 0.2) is 53.4 Å². The Hall–Kier alpha value is -1.79. The Balaban J connectivity index is 1.75. The van der Waals surface area contributed by atoms with Gasteiger partial charge in [-0.05, 0) is 75.2 Å². The van der Waals surface area contributed by atoms with E-state index in [-0.39, 0.29) is 52.6 Å². The molecule has 0 radical (unpaired) electrons. The first-order valence-electron chi connectivity index (χ1n) is 16.5. The fourth-order valence-corrected chi connectivity index (χ4v) is 8.12. The maximum atomic E-state index is 12.9. The van der Waals surface area contributed by atoms with Gasteiger partial charge in [-0.3, -0.25) is 4.18 Å². The summed E-state index contributed by atoms with van der Waals surface area (Å²) in [4.78, 5) is 0.151. The first kappa shape index (κ1) is 38.7. The zero-order chi connectivity index (χ0) is 34.5. The van der Waals surface area contributed by atoms with Gasteiger partial charge in [0.2, 0.25) is 0 Å². The minimum atomic E-state index is -3.89. The van der Waals surface area contributed by atoms with E-state index in [4.69, 9.17) is 27.6 Å². The van der Waals surface area contributed by atoms with Crippen molar-refractivity contribution in [2.75, 3.05) is 20.3 Å². The largest absolute Gasteiger partial charge is 0.497 e. The number of ether oxygens (including phenoxy) is 4. The highest BCUT2D eigenvalue weighted by molar-refractivity contribution is 7.86. The van der Waals surface area contributed by atoms with E-state index in [0.717, 1.165) is 23.3 Å². The van der Waals surface area contributed by atoms with Gasteiger partial charge in [-0.15, -0.1) is 0 Å². The van der Waals surface area contributed by atoms with Crippen molar-refractivity contribution in [2.45, 2.75) is 122 Å². The molecule has 2 aromatic rings. The second kappa shape index (κ2) is 15.6. The predicted octanol–water partition coefficient (Wildman–Crippen LogP) is 8.13. The van der Waals surface area contributed by atoms with Crippen molar-refractivity contribution >= 4 is 18.4 Å². The summed E-state index contributed by atoms with van der Waals surface area (Å²) in [5, 5.41) is 0.0354. The Labute approximate surface area is 279 Å². The maximum Gasteiger partial charge on any atom is 0.296 e. The van der Waals surface area contributed by atoms with Gasteiger partial charge in [-0.2, -0.15) is 8.42 Å². The van der Waals surface area contributed by atoms with Crippen LogP contribution in [0.25, 0.3) is 0 Å². The fraction of sp³-hybridized carbons (Fsp3) is 0.667. The van der Waals surface area contributed by atoms with E-state index in [9.17, 15) is 8.42 Å². The molecule has 2 aromatic carbocycles. The van der Waals surface area contributed by atoms with Gasteiger partial charge in [-0.25, -0.2) is 0 Å². The summed E-state index contributed by atoms with van der Waals surface area (Å²) in [7, 11) is -4.37. The molecule has 8 nitrogen and oxygen atoms in total. The minimum absolute atomic E-state index is 0.00545. The van der Waals surface area contributed by atoms with Crippen molar-refractivity contribution in [2.24, 2.45) is 17.8 Å². The number of hydrogen-bond donors (Lipinski definition) is 0. The van der Waals surface area contributed by atoms with E-state index < -0.39 is 24.2 Å². The normalized spacial score (nSPS) is 22.7. The monoisotopic (exact) mass is 678 g/mol. The highest BCUT2D eigenvalue weighted by Crippen LogP contribution is 2.42. The molecule has 46 heavy (non-hydrogen) atoms. The Morgan fingerprint density at radius 2 is 1.54 bits per heavy atom. The number of hydrogen-bond acceptors (Lipinski definition) is 8. The van der Waals surface area contributed by atoms with Gasteiger partial charge in [0.15, 0.2) is 14.1 Å². The molecule has 0 aliphatic carbocycles. The molecule has 0 saturated carbocycles. The van der Waals surface area contributed by atoms with Crippen LogP contribution in [0.4, 0.5) is 0 Å². The summed E-state index contributed by atoms with van der Waals surface area (Å²) in [6, 6.07) is 14.6. The van der Waals surface area contributed by atoms with Crippen molar-refractivity contribution in [3.63, 3.8) is 0 Å². The minimum Gasteiger partial charge on any atom is -0.497 e. The first-order chi connectivity index (χ1) is 21.3. The predicted molar refractivity (Wildman–Crippen MR) is 185 cm³/mol. The maximum absolute atomic E-state index is 12.9. The Bertz CT molecular complexity index is 1340. The quantitative estimate of drug-likeness (QED) is 0.106. The standard InChI is InChI=1S/C36H58O8SSi/c1-25-13-19-31(20-14-25)45(37,38)41-23-26(2)33-28(4)34(43-36(8,9)42-33)27(3)32(44-46(11,12)35(5,6)7)21-22-40-24-29-15-17-30(39-10)18-16-29/h13-20,26-28,32-34H,21-24H2,1-12H3/t26-,27+,28-,32+,33+,34-/m0/s1. The van der Waals surface area contributed by atoms with Gasteiger partial charge in [0.1, 0.15) is 5.75 Å². The Morgan fingerprint density at radius 3 is 2.11 bits per heavy atom. The zero-order valence-electron chi connectivity index (χ0n) is 30.1. The SMILES string of the molecule is COc1ccc(COCC[C@@H](O[Si](C)(C)C(C)(C)C)[C@@H](C)[C@@H]2OC(C)(C)O[C@H]([C@@H](C)COS(=O)(=O)c3ccc(C)cc3)[C@@H]2C)cc1. The van der Waals surface area contributed by atoms with Crippen LogP contribution in [0.5, 0.6) is 5.75 Å². The molecule has 6 atom stereocenters. The van der Waals surface area contributed by atoms with E-state index in [1.54, 1.807) is 31.4 Å². The van der Waals surface area contributed by atoms with Crippen molar-refractivity contribution < 1.29 is 36.0 Å². The molecule has 1 heterocycles. The van der Waals surface area contributed by atoms with E-state index >= 15 is 0 Å². The first-order valence-corrected chi connectivity index (χ1v) is 20.8. The lowest BCUT2D eigenvalue weighted by molar-refractivity contribution is -0.338. The molecule has 10 heteroatoms. The molecule has 1 saturated heterocycles. The van der Waals surface area contributed by atoms with E-state index in [0.29, 0.717) is 13.2 Å². The van der Waals surface area contributed by atoms with Crippen molar-refractivity contribution in [1.82, 2.24) is 0 Å². The summed E-state index contributed by atoms with van der Waals surface area (Å²) >= 11 is 0. The third-order valence-corrected chi connectivity index (χ3v) is 15.4. The van der Waals surface area contributed by atoms with E-state index in [1.165, 1.54) is 0 Å². The molecule has 0 amide bonds. The van der Waals surface area contributed by atoms with Crippen LogP contribution in [-0.4, -0.2) is 61.2 Å². The molecule has 0 spiro atoms. The van der Waals surface area contributed by atoms with Gasteiger partial charge in [0.05, 0.1) is 43.5 Å². The number of rotatable bonds is 15. The molecule has 1 aliphatic rings. The van der Waals surface area contributed by atoms with Crippen LogP contribution in [-0.2, 0) is 39.5 Å². The summed E-state index contributed by atoms with van der Waals surface area (Å²) in [6.45, 7) is 24.4. The number of aryl methyl sites for hydroxylation is 1. The van der Waals surface area contributed by atoms with Crippen LogP contribution in [0, 0.1) is 24.7 Å². The molecular weight excluding hydrogens is 621 g/mol. The number of methoxy groups -OCH3 is 1. The summed E-state index contributed by atoms with van der Waals surface area (Å²) < 4.78 is 63.0. The van der Waals surface area contributed by atoms with Crippen LogP contribution in [0.1, 0.15) is 72.9 Å². The molecule has 3 rings (SSSR count). The van der Waals surface area contributed by atoms with E-state index in [1.807, 2.05) is 52.0 Å². The molecule has 0 N–H and O–H groups in total. The summed E-state index contributed by atoms with van der Waals surface area (Å²) in [5.74, 6) is -0.285. The molecule has 260 valence electrons. The van der Waals surface area contributed by atoms with Crippen molar-refractivity contribution in [3.8, 4) is 5.75 Å². The molecule has 0 bridgehead atoms. The van der Waals surface area contributed by atoms with Gasteiger partial charge in [-0.1, -0.05) is 71.4 Å². The van der Waals surface area contributed by atoms with Gasteiger partial charge < -0.3 is 23.4 Å². The molecule has 0 unspecified atom stereocenters. The molecule has 1 fully saturated rings. The van der Waals surface area contributed by atoms with Gasteiger partial charge in [0, 0.05) is 24.4 Å². The second-order valence-electron chi connectivity index (χ2n) is 14.9. The van der Waals surface area contributed by atoms with Crippen molar-refractivity contribution in [1.29, 1.82) is 0 Å². The topological polar surface area (TPSA) is 89.5 Å². The fourth-order valence-electron chi connectivity index (χ4n) is 5.68. The van der Waals surface area contributed by atoms with Crippen LogP contribution in [0.2, 0.25) is 18.1 Å². The smallest absolute Gasteiger partial charge is 0.296 e. The van der Waals surface area contributed by atoms with Crippen LogP contribution < -0.4 is 4.74 Å². The van der Waals surface area contributed by atoms with Crippen molar-refractivity contribution in [3.05, 3.63) is 59.7 Å². The molecule has 1 aliphatic heterocycles. The molecule has 0 aromatic heterocycles. The second-order valence-corrected chi connectivity index (χ2v) is 21.3. The van der Waals surface area contributed by atoms with Crippen LogP contribution in [0.3, 0.4) is 0 Å². The Morgan fingerprint density at radius 1 is 0.957 bits per heavy atom. The third-order valence-electron chi connectivity index (χ3n) is 9.56. The molecular formula is C36H58O8SSi. The summed E-state index contributed by atoms with van der Waals surface area (Å²) in [6.07, 6.45) is 0.133. The average molecular weight is 679 g/mol. The van der Waals surface area contributed by atoms with E-state index in [2.05, 4.69) is 47.7 Å². The van der Waals surface area contributed by atoms with Gasteiger partial charge >= 0.3 is 0 Å². The summed E-state index contributed by atoms with van der Waals surface area (Å²) in [5.41, 5.74) is 2.07. The lowest BCUT2D eigenvalue weighted by atomic mass is 9.80. The lowest BCUT2D eigenvalue weighted by Gasteiger charge is -2.50. The lowest BCUT2D eigenvalue weighted by Crippen LogP contribution is -2.57. The average Bonchev–Trinajstić information content (AvgIpc) is 2.98. The number of benzene rings is 2.